The minimum absolute atomic E-state index is 0.0916. The standard InChI is InChI=1S/C25H25F3O5S/c1-14-10-15(2)21(16(3)11-14)22-19(29)12-20(33-23(22)30)24(8-9-24)13-34(31,32)18-6-4-17(5-7-18)25(26,27)28/h4-7,10-11,20,22H,8-9,12-13H2,1-3H3. The number of carbonyl (C=O) groups is 2. The van der Waals surface area contributed by atoms with Crippen LogP contribution >= 0.6 is 0 Å². The summed E-state index contributed by atoms with van der Waals surface area (Å²) in [4.78, 5) is 25.8. The van der Waals surface area contributed by atoms with Crippen LogP contribution in [0, 0.1) is 26.2 Å². The van der Waals surface area contributed by atoms with E-state index in [2.05, 4.69) is 0 Å². The Morgan fingerprint density at radius 1 is 1.00 bits per heavy atom. The van der Waals surface area contributed by atoms with Crippen molar-refractivity contribution in [2.45, 2.75) is 63.1 Å². The maximum absolute atomic E-state index is 13.1. The zero-order valence-electron chi connectivity index (χ0n) is 19.0. The zero-order valence-corrected chi connectivity index (χ0v) is 19.8. The first-order valence-electron chi connectivity index (χ1n) is 10.9. The number of Topliss-reactive ketones (excluding diaryl/α,β-unsaturated/α-hetero) is 1. The highest BCUT2D eigenvalue weighted by molar-refractivity contribution is 7.91. The number of esters is 1. The van der Waals surface area contributed by atoms with E-state index in [4.69, 9.17) is 4.74 Å². The molecule has 1 aliphatic carbocycles. The minimum Gasteiger partial charge on any atom is -0.460 e. The number of sulfone groups is 1. The molecule has 1 saturated heterocycles. The molecule has 2 unspecified atom stereocenters. The van der Waals surface area contributed by atoms with Gasteiger partial charge < -0.3 is 4.74 Å². The fourth-order valence-electron chi connectivity index (χ4n) is 4.98. The topological polar surface area (TPSA) is 77.5 Å². The molecule has 182 valence electrons. The van der Waals surface area contributed by atoms with Crippen LogP contribution < -0.4 is 0 Å². The van der Waals surface area contributed by atoms with Gasteiger partial charge in [0.05, 0.1) is 16.2 Å². The Balaban J connectivity index is 1.54. The van der Waals surface area contributed by atoms with E-state index >= 15 is 0 Å². The molecular weight excluding hydrogens is 469 g/mol. The van der Waals surface area contributed by atoms with Gasteiger partial charge in [0.1, 0.15) is 12.0 Å². The third-order valence-corrected chi connectivity index (χ3v) is 8.77. The molecule has 2 aliphatic rings. The lowest BCUT2D eigenvalue weighted by molar-refractivity contribution is -0.164. The Kier molecular flexibility index (Phi) is 5.91. The largest absolute Gasteiger partial charge is 0.460 e. The molecule has 5 nitrogen and oxygen atoms in total. The van der Waals surface area contributed by atoms with Crippen molar-refractivity contribution in [3.63, 3.8) is 0 Å². The molecule has 0 aromatic heterocycles. The molecule has 2 aromatic rings. The Labute approximate surface area is 196 Å². The van der Waals surface area contributed by atoms with E-state index in [0.717, 1.165) is 41.0 Å². The van der Waals surface area contributed by atoms with Gasteiger partial charge in [-0.15, -0.1) is 0 Å². The highest BCUT2D eigenvalue weighted by Gasteiger charge is 2.57. The van der Waals surface area contributed by atoms with Gasteiger partial charge in [0.2, 0.25) is 0 Å². The third kappa shape index (κ3) is 4.50. The van der Waals surface area contributed by atoms with E-state index in [1.54, 1.807) is 0 Å². The van der Waals surface area contributed by atoms with Crippen molar-refractivity contribution in [3.05, 3.63) is 64.2 Å². The van der Waals surface area contributed by atoms with Gasteiger partial charge >= 0.3 is 12.1 Å². The number of alkyl halides is 3. The molecule has 2 atom stereocenters. The van der Waals surface area contributed by atoms with Crippen LogP contribution in [0.5, 0.6) is 0 Å². The number of ether oxygens (including phenoxy) is 1. The van der Waals surface area contributed by atoms with Crippen LogP contribution in [-0.2, 0) is 30.3 Å². The van der Waals surface area contributed by atoms with Crippen molar-refractivity contribution in [1.29, 1.82) is 0 Å². The van der Waals surface area contributed by atoms with Crippen LogP contribution in [0.3, 0.4) is 0 Å². The van der Waals surface area contributed by atoms with E-state index in [1.807, 2.05) is 32.9 Å². The molecule has 1 heterocycles. The number of carbonyl (C=O) groups excluding carboxylic acids is 2. The second kappa shape index (κ2) is 8.22. The number of cyclic esters (lactones) is 1. The molecule has 4 rings (SSSR count). The lowest BCUT2D eigenvalue weighted by Gasteiger charge is -2.33. The normalized spacial score (nSPS) is 22.4. The van der Waals surface area contributed by atoms with Crippen LogP contribution in [0.2, 0.25) is 0 Å². The Morgan fingerprint density at radius 3 is 2.03 bits per heavy atom. The molecule has 1 aliphatic heterocycles. The zero-order chi connectivity index (χ0) is 25.1. The average molecular weight is 495 g/mol. The van der Waals surface area contributed by atoms with Crippen LogP contribution in [0.4, 0.5) is 13.2 Å². The van der Waals surface area contributed by atoms with E-state index in [0.29, 0.717) is 18.4 Å². The molecule has 0 amide bonds. The Hall–Kier alpha value is -2.68. The summed E-state index contributed by atoms with van der Waals surface area (Å²) in [6.07, 6.45) is -4.64. The smallest absolute Gasteiger partial charge is 0.416 e. The number of aryl methyl sites for hydroxylation is 3. The first kappa shape index (κ1) is 24.4. The molecule has 9 heteroatoms. The maximum atomic E-state index is 13.1. The minimum atomic E-state index is -4.57. The summed E-state index contributed by atoms with van der Waals surface area (Å²) < 4.78 is 70.0. The molecule has 1 saturated carbocycles. The molecule has 2 aromatic carbocycles. The van der Waals surface area contributed by atoms with E-state index in [9.17, 15) is 31.2 Å². The molecule has 0 bridgehead atoms. The van der Waals surface area contributed by atoms with Gasteiger partial charge in [-0.05, 0) is 74.6 Å². The third-order valence-electron chi connectivity index (χ3n) is 6.82. The highest BCUT2D eigenvalue weighted by Crippen LogP contribution is 2.54. The maximum Gasteiger partial charge on any atom is 0.416 e. The SMILES string of the molecule is Cc1cc(C)c(C2C(=O)CC(C3(CS(=O)(=O)c4ccc(C(F)(F)F)cc4)CC3)OC2=O)c(C)c1. The number of hydrogen-bond donors (Lipinski definition) is 0. The van der Waals surface area contributed by atoms with Gasteiger partial charge in [-0.2, -0.15) is 13.2 Å². The van der Waals surface area contributed by atoms with E-state index < -0.39 is 50.7 Å². The van der Waals surface area contributed by atoms with Gasteiger partial charge in [0, 0.05) is 11.8 Å². The summed E-state index contributed by atoms with van der Waals surface area (Å²) in [6, 6.07) is 7.12. The summed E-state index contributed by atoms with van der Waals surface area (Å²) in [5, 5.41) is 0. The summed E-state index contributed by atoms with van der Waals surface area (Å²) in [5.74, 6) is -2.44. The fourth-order valence-corrected chi connectivity index (χ4v) is 6.93. The van der Waals surface area contributed by atoms with Gasteiger partial charge in [0.15, 0.2) is 15.6 Å². The summed E-state index contributed by atoms with van der Waals surface area (Å²) >= 11 is 0. The highest BCUT2D eigenvalue weighted by atomic mass is 32.2. The molecule has 0 spiro atoms. The predicted octanol–water partition coefficient (Wildman–Crippen LogP) is 4.85. The molecular formula is C25H25F3O5S. The monoisotopic (exact) mass is 494 g/mol. The van der Waals surface area contributed by atoms with E-state index in [-0.39, 0.29) is 17.1 Å². The van der Waals surface area contributed by atoms with Gasteiger partial charge in [-0.25, -0.2) is 8.42 Å². The van der Waals surface area contributed by atoms with E-state index in [1.165, 1.54) is 0 Å². The first-order chi connectivity index (χ1) is 15.7. The number of ketones is 1. The molecule has 0 radical (unpaired) electrons. The van der Waals surface area contributed by atoms with Crippen molar-refractivity contribution >= 4 is 21.6 Å². The quantitative estimate of drug-likeness (QED) is 0.439. The van der Waals surface area contributed by atoms with Crippen molar-refractivity contribution in [1.82, 2.24) is 0 Å². The average Bonchev–Trinajstić information content (AvgIpc) is 3.48. The van der Waals surface area contributed by atoms with Crippen LogP contribution in [0.25, 0.3) is 0 Å². The number of benzene rings is 2. The lowest BCUT2D eigenvalue weighted by Crippen LogP contribution is -2.43. The van der Waals surface area contributed by atoms with Crippen LogP contribution in [0.15, 0.2) is 41.3 Å². The second-order valence-corrected chi connectivity index (χ2v) is 11.5. The van der Waals surface area contributed by atoms with Crippen molar-refractivity contribution in [3.8, 4) is 0 Å². The predicted molar refractivity (Wildman–Crippen MR) is 118 cm³/mol. The summed E-state index contributed by atoms with van der Waals surface area (Å²) in [5.41, 5.74) is 1.43. The second-order valence-electron chi connectivity index (χ2n) is 9.48. The Bertz CT molecular complexity index is 1220. The molecule has 0 N–H and O–H groups in total. The van der Waals surface area contributed by atoms with Gasteiger partial charge in [-0.3, -0.25) is 9.59 Å². The Morgan fingerprint density at radius 2 is 1.56 bits per heavy atom. The van der Waals surface area contributed by atoms with Crippen LogP contribution in [-0.4, -0.2) is 32.0 Å². The van der Waals surface area contributed by atoms with Crippen molar-refractivity contribution in [2.75, 3.05) is 5.75 Å². The number of hydrogen-bond acceptors (Lipinski definition) is 5. The summed E-state index contributed by atoms with van der Waals surface area (Å²) in [7, 11) is -3.96. The number of rotatable bonds is 5. The molecule has 34 heavy (non-hydrogen) atoms. The number of halogens is 3. The lowest BCUT2D eigenvalue weighted by atomic mass is 9.81. The van der Waals surface area contributed by atoms with Gasteiger partial charge in [0.25, 0.3) is 0 Å². The molecule has 2 fully saturated rings. The van der Waals surface area contributed by atoms with Crippen molar-refractivity contribution in [2.24, 2.45) is 5.41 Å². The fraction of sp³-hybridized carbons (Fsp3) is 0.440. The van der Waals surface area contributed by atoms with Gasteiger partial charge in [-0.1, -0.05) is 17.7 Å². The van der Waals surface area contributed by atoms with Crippen molar-refractivity contribution < 1.29 is 35.9 Å². The summed E-state index contributed by atoms with van der Waals surface area (Å²) in [6.45, 7) is 5.59. The first-order valence-corrected chi connectivity index (χ1v) is 12.6. The van der Waals surface area contributed by atoms with Crippen LogP contribution in [0.1, 0.15) is 53.0 Å².